The van der Waals surface area contributed by atoms with Gasteiger partial charge in [-0.2, -0.15) is 0 Å². The largest absolute Gasteiger partial charge is 0.394 e. The van der Waals surface area contributed by atoms with E-state index in [0.717, 1.165) is 10.5 Å². The van der Waals surface area contributed by atoms with Crippen LogP contribution in [0.2, 0.25) is 0 Å². The first-order valence-corrected chi connectivity index (χ1v) is 3.84. The molecule has 0 aliphatic heterocycles. The Morgan fingerprint density at radius 2 is 2.27 bits per heavy atom. The molecule has 1 unspecified atom stereocenters. The maximum atomic E-state index is 8.73. The monoisotopic (exact) mass is 169 g/mol. The van der Waals surface area contributed by atoms with Crippen molar-refractivity contribution in [3.8, 4) is 0 Å². The molecule has 0 amide bonds. The molecule has 11 heavy (non-hydrogen) atoms. The second-order valence-electron chi connectivity index (χ2n) is 2.38. The summed E-state index contributed by atoms with van der Waals surface area (Å²) in [5.41, 5.74) is 6.50. The Kier molecular flexibility index (Phi) is 2.93. The normalized spacial score (nSPS) is 13.0. The minimum Gasteiger partial charge on any atom is -0.394 e. The van der Waals surface area contributed by atoms with E-state index in [2.05, 4.69) is 12.6 Å². The minimum atomic E-state index is -0.290. The van der Waals surface area contributed by atoms with E-state index in [-0.39, 0.29) is 12.6 Å². The van der Waals surface area contributed by atoms with Gasteiger partial charge in [0.25, 0.3) is 0 Å². The summed E-state index contributed by atoms with van der Waals surface area (Å²) in [5, 5.41) is 8.73. The summed E-state index contributed by atoms with van der Waals surface area (Å²) in [5.74, 6) is 0. The minimum absolute atomic E-state index is 0.0305. The number of thiol groups is 1. The fourth-order valence-electron chi connectivity index (χ4n) is 0.861. The zero-order valence-corrected chi connectivity index (χ0v) is 6.96. The van der Waals surface area contributed by atoms with E-state index >= 15 is 0 Å². The predicted molar refractivity (Wildman–Crippen MR) is 47.7 cm³/mol. The van der Waals surface area contributed by atoms with E-state index in [1.54, 1.807) is 0 Å². The van der Waals surface area contributed by atoms with E-state index in [1.165, 1.54) is 0 Å². The SMILES string of the molecule is NC(CO)c1cccc(S)c1. The molecule has 3 N–H and O–H groups in total. The van der Waals surface area contributed by atoms with Crippen molar-refractivity contribution in [1.82, 2.24) is 0 Å². The molecule has 1 aromatic rings. The maximum absolute atomic E-state index is 8.73. The molecular weight excluding hydrogens is 158 g/mol. The smallest absolute Gasteiger partial charge is 0.0624 e. The van der Waals surface area contributed by atoms with Gasteiger partial charge in [0, 0.05) is 4.90 Å². The molecule has 60 valence electrons. The first-order valence-electron chi connectivity index (χ1n) is 3.39. The number of nitrogens with two attached hydrogens (primary N) is 1. The molecule has 0 aliphatic rings. The zero-order chi connectivity index (χ0) is 8.27. The van der Waals surface area contributed by atoms with Gasteiger partial charge >= 0.3 is 0 Å². The summed E-state index contributed by atoms with van der Waals surface area (Å²) in [6.45, 7) is -0.0305. The highest BCUT2D eigenvalue weighted by molar-refractivity contribution is 7.80. The third kappa shape index (κ3) is 2.22. The third-order valence-corrected chi connectivity index (χ3v) is 1.77. The fourth-order valence-corrected chi connectivity index (χ4v) is 1.10. The molecule has 0 bridgehead atoms. The van der Waals surface area contributed by atoms with E-state index in [4.69, 9.17) is 10.8 Å². The Labute approximate surface area is 71.5 Å². The molecular formula is C8H11NOS. The van der Waals surface area contributed by atoms with Crippen LogP contribution in [0.1, 0.15) is 11.6 Å². The molecule has 0 aliphatic carbocycles. The van der Waals surface area contributed by atoms with E-state index in [9.17, 15) is 0 Å². The standard InChI is InChI=1S/C8H11NOS/c9-8(5-10)6-2-1-3-7(11)4-6/h1-4,8,10-11H,5,9H2. The molecule has 1 atom stereocenters. The van der Waals surface area contributed by atoms with Crippen molar-refractivity contribution in [2.45, 2.75) is 10.9 Å². The fraction of sp³-hybridized carbons (Fsp3) is 0.250. The highest BCUT2D eigenvalue weighted by Gasteiger charge is 2.02. The van der Waals surface area contributed by atoms with Crippen LogP contribution in [0.5, 0.6) is 0 Å². The molecule has 0 radical (unpaired) electrons. The Bertz CT molecular complexity index is 239. The Balaban J connectivity index is 2.86. The molecule has 0 spiro atoms. The van der Waals surface area contributed by atoms with Crippen molar-refractivity contribution < 1.29 is 5.11 Å². The van der Waals surface area contributed by atoms with Crippen LogP contribution in [0.15, 0.2) is 29.2 Å². The molecule has 0 saturated carbocycles. The van der Waals surface area contributed by atoms with Gasteiger partial charge in [0.05, 0.1) is 12.6 Å². The summed E-state index contributed by atoms with van der Waals surface area (Å²) in [7, 11) is 0. The van der Waals surface area contributed by atoms with Gasteiger partial charge in [-0.25, -0.2) is 0 Å². The molecule has 0 saturated heterocycles. The zero-order valence-electron chi connectivity index (χ0n) is 6.07. The molecule has 2 nitrogen and oxygen atoms in total. The molecule has 0 fully saturated rings. The van der Waals surface area contributed by atoms with E-state index < -0.39 is 0 Å². The summed E-state index contributed by atoms with van der Waals surface area (Å²) in [4.78, 5) is 0.867. The predicted octanol–water partition coefficient (Wildman–Crippen LogP) is 0.967. The average molecular weight is 169 g/mol. The molecule has 0 heterocycles. The third-order valence-electron chi connectivity index (χ3n) is 1.50. The first-order chi connectivity index (χ1) is 5.24. The lowest BCUT2D eigenvalue weighted by atomic mass is 10.1. The van der Waals surface area contributed by atoms with Crippen LogP contribution in [0.3, 0.4) is 0 Å². The second-order valence-corrected chi connectivity index (χ2v) is 2.90. The lowest BCUT2D eigenvalue weighted by Crippen LogP contribution is -2.14. The van der Waals surface area contributed by atoms with Gasteiger partial charge < -0.3 is 10.8 Å². The topological polar surface area (TPSA) is 46.2 Å². The van der Waals surface area contributed by atoms with Crippen LogP contribution >= 0.6 is 12.6 Å². The molecule has 3 heteroatoms. The van der Waals surface area contributed by atoms with E-state index in [1.807, 2.05) is 24.3 Å². The van der Waals surface area contributed by atoms with Gasteiger partial charge in [-0.3, -0.25) is 0 Å². The van der Waals surface area contributed by atoms with Crippen molar-refractivity contribution in [3.05, 3.63) is 29.8 Å². The quantitative estimate of drug-likeness (QED) is 0.578. The summed E-state index contributed by atoms with van der Waals surface area (Å²) in [6.07, 6.45) is 0. The lowest BCUT2D eigenvalue weighted by Gasteiger charge is -2.07. The van der Waals surface area contributed by atoms with Crippen LogP contribution in [-0.2, 0) is 0 Å². The van der Waals surface area contributed by atoms with Gasteiger partial charge in [-0.05, 0) is 17.7 Å². The molecule has 1 aromatic carbocycles. The highest BCUT2D eigenvalue weighted by atomic mass is 32.1. The number of aliphatic hydroxyl groups is 1. The summed E-state index contributed by atoms with van der Waals surface area (Å²) < 4.78 is 0. The average Bonchev–Trinajstić information content (AvgIpc) is 2.03. The van der Waals surface area contributed by atoms with E-state index in [0.29, 0.717) is 0 Å². The van der Waals surface area contributed by atoms with Gasteiger partial charge in [0.1, 0.15) is 0 Å². The van der Waals surface area contributed by atoms with Gasteiger partial charge in [0.2, 0.25) is 0 Å². The highest BCUT2D eigenvalue weighted by Crippen LogP contribution is 2.13. The Hall–Kier alpha value is -0.510. The van der Waals surface area contributed by atoms with Gasteiger partial charge in [-0.1, -0.05) is 12.1 Å². The Morgan fingerprint density at radius 3 is 2.82 bits per heavy atom. The van der Waals surface area contributed by atoms with Crippen LogP contribution in [0.4, 0.5) is 0 Å². The van der Waals surface area contributed by atoms with Crippen molar-refractivity contribution in [1.29, 1.82) is 0 Å². The molecule has 0 aromatic heterocycles. The van der Waals surface area contributed by atoms with Crippen molar-refractivity contribution >= 4 is 12.6 Å². The number of rotatable bonds is 2. The van der Waals surface area contributed by atoms with Crippen molar-refractivity contribution in [2.24, 2.45) is 5.73 Å². The van der Waals surface area contributed by atoms with Crippen LogP contribution < -0.4 is 5.73 Å². The van der Waals surface area contributed by atoms with Gasteiger partial charge in [0.15, 0.2) is 0 Å². The number of hydrogen-bond donors (Lipinski definition) is 3. The number of hydrogen-bond acceptors (Lipinski definition) is 3. The first kappa shape index (κ1) is 8.59. The van der Waals surface area contributed by atoms with Gasteiger partial charge in [-0.15, -0.1) is 12.6 Å². The second kappa shape index (κ2) is 3.76. The van der Waals surface area contributed by atoms with Crippen LogP contribution in [-0.4, -0.2) is 11.7 Å². The van der Waals surface area contributed by atoms with Crippen molar-refractivity contribution in [2.75, 3.05) is 6.61 Å². The summed E-state index contributed by atoms with van der Waals surface area (Å²) in [6, 6.07) is 7.18. The van der Waals surface area contributed by atoms with Crippen LogP contribution in [0, 0.1) is 0 Å². The Morgan fingerprint density at radius 1 is 1.55 bits per heavy atom. The maximum Gasteiger partial charge on any atom is 0.0624 e. The van der Waals surface area contributed by atoms with Crippen molar-refractivity contribution in [3.63, 3.8) is 0 Å². The number of aliphatic hydroxyl groups excluding tert-OH is 1. The molecule has 1 rings (SSSR count). The van der Waals surface area contributed by atoms with Crippen LogP contribution in [0.25, 0.3) is 0 Å². The lowest BCUT2D eigenvalue weighted by molar-refractivity contribution is 0.268. The number of benzene rings is 1. The summed E-state index contributed by atoms with van der Waals surface area (Å²) >= 11 is 4.15.